The molecule has 1 aromatic heterocycles. The van der Waals surface area contributed by atoms with Crippen molar-refractivity contribution in [2.24, 2.45) is 4.99 Å². The van der Waals surface area contributed by atoms with Gasteiger partial charge < -0.3 is 10.2 Å². The van der Waals surface area contributed by atoms with Crippen LogP contribution in [-0.4, -0.2) is 36.0 Å². The lowest BCUT2D eigenvalue weighted by Gasteiger charge is -2.21. The van der Waals surface area contributed by atoms with E-state index in [0.717, 1.165) is 42.7 Å². The summed E-state index contributed by atoms with van der Waals surface area (Å²) >= 11 is 1.70. The first-order valence-electron chi connectivity index (χ1n) is 8.27. The first kappa shape index (κ1) is 17.0. The van der Waals surface area contributed by atoms with E-state index in [-0.39, 0.29) is 0 Å². The zero-order chi connectivity index (χ0) is 15.8. The van der Waals surface area contributed by atoms with E-state index in [9.17, 15) is 0 Å². The van der Waals surface area contributed by atoms with Gasteiger partial charge in [-0.05, 0) is 46.0 Å². The summed E-state index contributed by atoms with van der Waals surface area (Å²) in [5.74, 6) is 0.976. The van der Waals surface area contributed by atoms with Gasteiger partial charge in [0.2, 0.25) is 0 Å². The number of aromatic nitrogens is 1. The zero-order valence-corrected chi connectivity index (χ0v) is 14.9. The highest BCUT2D eigenvalue weighted by Crippen LogP contribution is 2.19. The SMILES string of the molecule is CCNC(=NCCC1=CCCCC1)N(C)Cc1csc(C)n1. The average molecular weight is 321 g/mol. The molecule has 22 heavy (non-hydrogen) atoms. The lowest BCUT2D eigenvalue weighted by Crippen LogP contribution is -2.38. The highest BCUT2D eigenvalue weighted by molar-refractivity contribution is 7.09. The number of aryl methyl sites for hydroxylation is 1. The van der Waals surface area contributed by atoms with Crippen molar-refractivity contribution in [3.05, 3.63) is 27.7 Å². The van der Waals surface area contributed by atoms with E-state index >= 15 is 0 Å². The molecule has 1 aliphatic carbocycles. The number of hydrogen-bond donors (Lipinski definition) is 1. The third kappa shape index (κ3) is 5.44. The highest BCUT2D eigenvalue weighted by atomic mass is 32.1. The van der Waals surface area contributed by atoms with Crippen LogP contribution in [0, 0.1) is 6.92 Å². The number of aliphatic imine (C=N–C) groups is 1. The van der Waals surface area contributed by atoms with Crippen LogP contribution in [0.4, 0.5) is 0 Å². The van der Waals surface area contributed by atoms with E-state index in [2.05, 4.69) is 40.6 Å². The van der Waals surface area contributed by atoms with Crippen LogP contribution in [0.15, 0.2) is 22.0 Å². The molecule has 0 unspecified atom stereocenters. The Bertz CT molecular complexity index is 518. The van der Waals surface area contributed by atoms with Crippen molar-refractivity contribution >= 4 is 17.3 Å². The Balaban J connectivity index is 1.89. The second-order valence-electron chi connectivity index (χ2n) is 5.81. The molecule has 0 bridgehead atoms. The van der Waals surface area contributed by atoms with Crippen molar-refractivity contribution in [2.45, 2.75) is 52.5 Å². The van der Waals surface area contributed by atoms with Gasteiger partial charge in [0, 0.05) is 25.5 Å². The highest BCUT2D eigenvalue weighted by Gasteiger charge is 2.09. The summed E-state index contributed by atoms with van der Waals surface area (Å²) in [4.78, 5) is 11.5. The molecule has 0 saturated heterocycles. The van der Waals surface area contributed by atoms with Gasteiger partial charge in [-0.25, -0.2) is 4.98 Å². The molecule has 0 amide bonds. The maximum absolute atomic E-state index is 4.78. The van der Waals surface area contributed by atoms with Crippen LogP contribution in [0.5, 0.6) is 0 Å². The number of allylic oxidation sites excluding steroid dienone is 1. The molecule has 5 heteroatoms. The Kier molecular flexibility index (Phi) is 6.90. The lowest BCUT2D eigenvalue weighted by atomic mass is 9.97. The van der Waals surface area contributed by atoms with Gasteiger partial charge in [0.15, 0.2) is 5.96 Å². The Morgan fingerprint density at radius 1 is 1.45 bits per heavy atom. The van der Waals surface area contributed by atoms with Crippen LogP contribution in [0.1, 0.15) is 49.7 Å². The molecule has 0 atom stereocenters. The molecule has 0 fully saturated rings. The van der Waals surface area contributed by atoms with Crippen molar-refractivity contribution in [1.29, 1.82) is 0 Å². The molecule has 1 aromatic rings. The standard InChI is InChI=1S/C17H28N4S/c1-4-18-17(19-11-10-15-8-6-5-7-9-15)21(3)12-16-13-22-14(2)20-16/h8,13H,4-7,9-12H2,1-3H3,(H,18,19). The summed E-state index contributed by atoms with van der Waals surface area (Å²) in [7, 11) is 2.08. The van der Waals surface area contributed by atoms with Gasteiger partial charge in [-0.2, -0.15) is 0 Å². The lowest BCUT2D eigenvalue weighted by molar-refractivity contribution is 0.471. The van der Waals surface area contributed by atoms with Crippen LogP contribution < -0.4 is 5.32 Å². The molecular formula is C17H28N4S. The molecule has 1 heterocycles. The molecule has 2 rings (SSSR count). The molecular weight excluding hydrogens is 292 g/mol. The normalized spacial score (nSPS) is 15.6. The quantitative estimate of drug-likeness (QED) is 0.493. The minimum Gasteiger partial charge on any atom is -0.357 e. The summed E-state index contributed by atoms with van der Waals surface area (Å²) in [6, 6.07) is 0. The van der Waals surface area contributed by atoms with Gasteiger partial charge in [-0.1, -0.05) is 11.6 Å². The predicted octanol–water partition coefficient (Wildman–Crippen LogP) is 3.74. The molecule has 0 aromatic carbocycles. The van der Waals surface area contributed by atoms with E-state index in [4.69, 9.17) is 4.99 Å². The fraction of sp³-hybridized carbons (Fsp3) is 0.647. The van der Waals surface area contributed by atoms with Crippen LogP contribution in [0.3, 0.4) is 0 Å². The number of nitrogens with zero attached hydrogens (tertiary/aromatic N) is 3. The maximum Gasteiger partial charge on any atom is 0.194 e. The van der Waals surface area contributed by atoms with E-state index < -0.39 is 0 Å². The first-order valence-corrected chi connectivity index (χ1v) is 9.15. The molecule has 4 nitrogen and oxygen atoms in total. The molecule has 0 spiro atoms. The number of nitrogens with one attached hydrogen (secondary N) is 1. The summed E-state index contributed by atoms with van der Waals surface area (Å²) in [6.07, 6.45) is 8.72. The molecule has 122 valence electrons. The second-order valence-corrected chi connectivity index (χ2v) is 6.87. The first-order chi connectivity index (χ1) is 10.7. The Hall–Kier alpha value is -1.36. The second kappa shape index (κ2) is 8.93. The molecule has 0 radical (unpaired) electrons. The van der Waals surface area contributed by atoms with Gasteiger partial charge in [-0.15, -0.1) is 11.3 Å². The topological polar surface area (TPSA) is 40.5 Å². The predicted molar refractivity (Wildman–Crippen MR) is 95.5 cm³/mol. The van der Waals surface area contributed by atoms with Crippen molar-refractivity contribution in [3.63, 3.8) is 0 Å². The molecule has 0 aliphatic heterocycles. The van der Waals surface area contributed by atoms with Gasteiger partial charge in [0.25, 0.3) is 0 Å². The van der Waals surface area contributed by atoms with E-state index in [1.54, 1.807) is 16.9 Å². The van der Waals surface area contributed by atoms with Crippen molar-refractivity contribution in [1.82, 2.24) is 15.2 Å². The van der Waals surface area contributed by atoms with E-state index in [1.807, 2.05) is 6.92 Å². The molecule has 0 saturated carbocycles. The summed E-state index contributed by atoms with van der Waals surface area (Å²) in [6.45, 7) is 6.72. The summed E-state index contributed by atoms with van der Waals surface area (Å²) in [5, 5.41) is 6.63. The largest absolute Gasteiger partial charge is 0.357 e. The average Bonchev–Trinajstić information content (AvgIpc) is 2.92. The zero-order valence-electron chi connectivity index (χ0n) is 14.1. The van der Waals surface area contributed by atoms with Crippen molar-refractivity contribution in [3.8, 4) is 0 Å². The van der Waals surface area contributed by atoms with E-state index in [0.29, 0.717) is 0 Å². The van der Waals surface area contributed by atoms with Gasteiger partial charge in [0.1, 0.15) is 0 Å². The van der Waals surface area contributed by atoms with Gasteiger partial charge in [-0.3, -0.25) is 4.99 Å². The minimum absolute atomic E-state index is 0.804. The van der Waals surface area contributed by atoms with Gasteiger partial charge >= 0.3 is 0 Å². The van der Waals surface area contributed by atoms with Crippen LogP contribution >= 0.6 is 11.3 Å². The van der Waals surface area contributed by atoms with Crippen molar-refractivity contribution in [2.75, 3.05) is 20.1 Å². The van der Waals surface area contributed by atoms with Gasteiger partial charge in [0.05, 0.1) is 17.2 Å². The molecule has 1 N–H and O–H groups in total. The third-order valence-electron chi connectivity index (χ3n) is 3.84. The Morgan fingerprint density at radius 3 is 2.95 bits per heavy atom. The fourth-order valence-corrected chi connectivity index (χ4v) is 3.31. The number of rotatable bonds is 6. The monoisotopic (exact) mass is 320 g/mol. The van der Waals surface area contributed by atoms with Crippen LogP contribution in [0.2, 0.25) is 0 Å². The smallest absolute Gasteiger partial charge is 0.194 e. The third-order valence-corrected chi connectivity index (χ3v) is 4.66. The van der Waals surface area contributed by atoms with E-state index in [1.165, 1.54) is 25.7 Å². The molecule has 1 aliphatic rings. The summed E-state index contributed by atoms with van der Waals surface area (Å²) < 4.78 is 0. The minimum atomic E-state index is 0.804. The van der Waals surface area contributed by atoms with Crippen molar-refractivity contribution < 1.29 is 0 Å². The summed E-state index contributed by atoms with van der Waals surface area (Å²) in [5.41, 5.74) is 2.70. The number of hydrogen-bond acceptors (Lipinski definition) is 3. The Morgan fingerprint density at radius 2 is 2.32 bits per heavy atom. The van der Waals surface area contributed by atoms with Crippen LogP contribution in [-0.2, 0) is 6.54 Å². The number of guanidine groups is 1. The number of thiazole rings is 1. The fourth-order valence-electron chi connectivity index (χ4n) is 2.71. The maximum atomic E-state index is 4.78. The van der Waals surface area contributed by atoms with Crippen LogP contribution in [0.25, 0.3) is 0 Å². The Labute approximate surface area is 138 Å².